The van der Waals surface area contributed by atoms with E-state index < -0.39 is 5.97 Å². The Labute approximate surface area is 109 Å². The molecule has 2 rings (SSSR count). The lowest BCUT2D eigenvalue weighted by Gasteiger charge is -2.02. The van der Waals surface area contributed by atoms with Crippen molar-refractivity contribution in [2.24, 2.45) is 0 Å². The third kappa shape index (κ3) is 3.77. The largest absolute Gasteiger partial charge is 0.497 e. The van der Waals surface area contributed by atoms with Crippen LogP contribution in [0.25, 0.3) is 0 Å². The van der Waals surface area contributed by atoms with Gasteiger partial charge < -0.3 is 9.84 Å². The fourth-order valence-electron chi connectivity index (χ4n) is 1.60. The number of hydrogen-bond acceptors (Lipinski definition) is 5. The van der Waals surface area contributed by atoms with Crippen LogP contribution in [0, 0.1) is 0 Å². The Kier molecular flexibility index (Phi) is 4.07. The van der Waals surface area contributed by atoms with E-state index >= 15 is 0 Å². The Morgan fingerprint density at radius 1 is 1.47 bits per heavy atom. The number of nitrogens with zero attached hydrogens (tertiary/aromatic N) is 4. The van der Waals surface area contributed by atoms with Crippen molar-refractivity contribution >= 4 is 5.97 Å². The topological polar surface area (TPSA) is 90.1 Å². The van der Waals surface area contributed by atoms with Crippen molar-refractivity contribution in [1.82, 2.24) is 20.2 Å². The second-order valence-corrected chi connectivity index (χ2v) is 3.98. The maximum absolute atomic E-state index is 10.4. The molecule has 0 saturated carbocycles. The minimum Gasteiger partial charge on any atom is -0.497 e. The highest BCUT2D eigenvalue weighted by molar-refractivity contribution is 5.66. The van der Waals surface area contributed by atoms with E-state index in [1.807, 2.05) is 24.3 Å². The molecule has 19 heavy (non-hydrogen) atoms. The number of aliphatic carboxylic acids is 1. The number of benzene rings is 1. The van der Waals surface area contributed by atoms with Crippen molar-refractivity contribution < 1.29 is 14.6 Å². The van der Waals surface area contributed by atoms with Gasteiger partial charge in [0, 0.05) is 6.42 Å². The van der Waals surface area contributed by atoms with Crippen LogP contribution in [0.2, 0.25) is 0 Å². The lowest BCUT2D eigenvalue weighted by molar-refractivity contribution is -0.137. The number of tetrazole rings is 1. The molecule has 1 N–H and O–H groups in total. The van der Waals surface area contributed by atoms with Crippen LogP contribution in [0.4, 0.5) is 0 Å². The van der Waals surface area contributed by atoms with E-state index in [1.54, 1.807) is 7.11 Å². The summed E-state index contributed by atoms with van der Waals surface area (Å²) in [5.41, 5.74) is 0.988. The van der Waals surface area contributed by atoms with Crippen LogP contribution in [-0.4, -0.2) is 38.4 Å². The monoisotopic (exact) mass is 262 g/mol. The van der Waals surface area contributed by atoms with Crippen molar-refractivity contribution in [2.75, 3.05) is 7.11 Å². The van der Waals surface area contributed by atoms with Gasteiger partial charge in [-0.1, -0.05) is 12.1 Å². The van der Waals surface area contributed by atoms with Gasteiger partial charge in [0.2, 0.25) is 0 Å². The number of carboxylic acids is 1. The minimum absolute atomic E-state index is 0.00481. The van der Waals surface area contributed by atoms with Crippen LogP contribution in [0.3, 0.4) is 0 Å². The molecule has 100 valence electrons. The number of methoxy groups -OCH3 is 1. The van der Waals surface area contributed by atoms with E-state index in [-0.39, 0.29) is 12.8 Å². The van der Waals surface area contributed by atoms with Gasteiger partial charge in [0.15, 0.2) is 5.82 Å². The van der Waals surface area contributed by atoms with Gasteiger partial charge in [-0.15, -0.1) is 10.2 Å². The molecule has 0 spiro atoms. The summed E-state index contributed by atoms with van der Waals surface area (Å²) in [4.78, 5) is 11.9. The Balaban J connectivity index is 2.00. The second kappa shape index (κ2) is 5.94. The predicted octanol–water partition coefficient (Wildman–Crippen LogP) is 0.747. The Morgan fingerprint density at radius 2 is 2.32 bits per heavy atom. The van der Waals surface area contributed by atoms with E-state index in [0.29, 0.717) is 12.4 Å². The van der Waals surface area contributed by atoms with Gasteiger partial charge in [0.1, 0.15) is 5.75 Å². The molecule has 0 aliphatic heterocycles. The summed E-state index contributed by atoms with van der Waals surface area (Å²) >= 11 is 0. The zero-order valence-electron chi connectivity index (χ0n) is 10.5. The first-order valence-electron chi connectivity index (χ1n) is 5.79. The number of aryl methyl sites for hydroxylation is 1. The molecule has 0 aliphatic carbocycles. The second-order valence-electron chi connectivity index (χ2n) is 3.98. The van der Waals surface area contributed by atoms with Crippen LogP contribution in [0.1, 0.15) is 17.8 Å². The summed E-state index contributed by atoms with van der Waals surface area (Å²) in [6.45, 7) is 0.470. The van der Waals surface area contributed by atoms with Crippen molar-refractivity contribution in [3.63, 3.8) is 0 Å². The zero-order valence-corrected chi connectivity index (χ0v) is 10.5. The smallest absolute Gasteiger partial charge is 0.303 e. The molecule has 0 unspecified atom stereocenters. The molecular formula is C12H14N4O3. The lowest BCUT2D eigenvalue weighted by atomic mass is 10.2. The number of hydrogen-bond donors (Lipinski definition) is 1. The van der Waals surface area contributed by atoms with Crippen LogP contribution < -0.4 is 4.74 Å². The molecule has 7 nitrogen and oxygen atoms in total. The SMILES string of the molecule is COc1cccc(Cn2nnc(CCC(=O)O)n2)c1. The van der Waals surface area contributed by atoms with Crippen molar-refractivity contribution in [2.45, 2.75) is 19.4 Å². The fraction of sp³-hybridized carbons (Fsp3) is 0.333. The first-order chi connectivity index (χ1) is 9.17. The van der Waals surface area contributed by atoms with Gasteiger partial charge in [-0.25, -0.2) is 0 Å². The summed E-state index contributed by atoms with van der Waals surface area (Å²) in [5, 5.41) is 20.4. The molecule has 2 aromatic rings. The highest BCUT2D eigenvalue weighted by Gasteiger charge is 2.06. The summed E-state index contributed by atoms with van der Waals surface area (Å²) in [5.74, 6) is 0.332. The fourth-order valence-corrected chi connectivity index (χ4v) is 1.60. The van der Waals surface area contributed by atoms with E-state index in [1.165, 1.54) is 4.80 Å². The summed E-state index contributed by atoms with van der Waals surface area (Å²) in [6.07, 6.45) is 0.290. The third-order valence-electron chi connectivity index (χ3n) is 2.51. The molecule has 1 heterocycles. The zero-order chi connectivity index (χ0) is 13.7. The van der Waals surface area contributed by atoms with Gasteiger partial charge in [-0.05, 0) is 22.9 Å². The molecule has 1 aromatic heterocycles. The Bertz CT molecular complexity index is 568. The summed E-state index contributed by atoms with van der Waals surface area (Å²) < 4.78 is 5.13. The average Bonchev–Trinajstić information content (AvgIpc) is 2.84. The molecule has 0 aliphatic rings. The summed E-state index contributed by atoms with van der Waals surface area (Å²) in [7, 11) is 1.61. The Morgan fingerprint density at radius 3 is 3.05 bits per heavy atom. The average molecular weight is 262 g/mol. The summed E-state index contributed by atoms with van der Waals surface area (Å²) in [6, 6.07) is 7.57. The standard InChI is InChI=1S/C12H14N4O3/c1-19-10-4-2-3-9(7-10)8-16-14-11(13-15-16)5-6-12(17)18/h2-4,7H,5-6,8H2,1H3,(H,17,18). The number of rotatable bonds is 6. The highest BCUT2D eigenvalue weighted by atomic mass is 16.5. The quantitative estimate of drug-likeness (QED) is 0.826. The number of ether oxygens (including phenoxy) is 1. The maximum atomic E-state index is 10.4. The maximum Gasteiger partial charge on any atom is 0.303 e. The van der Waals surface area contributed by atoms with Gasteiger partial charge in [0.25, 0.3) is 0 Å². The number of carboxylic acid groups (broad SMARTS) is 1. The number of aromatic nitrogens is 4. The van der Waals surface area contributed by atoms with Crippen molar-refractivity contribution in [3.8, 4) is 5.75 Å². The molecule has 0 bridgehead atoms. The van der Waals surface area contributed by atoms with Crippen LogP contribution >= 0.6 is 0 Å². The molecule has 0 atom stereocenters. The predicted molar refractivity (Wildman–Crippen MR) is 65.9 cm³/mol. The van der Waals surface area contributed by atoms with E-state index in [0.717, 1.165) is 11.3 Å². The molecule has 7 heteroatoms. The first-order valence-corrected chi connectivity index (χ1v) is 5.79. The number of carbonyl (C=O) groups is 1. The van der Waals surface area contributed by atoms with E-state index in [9.17, 15) is 4.79 Å². The first kappa shape index (κ1) is 13.0. The molecule has 0 amide bonds. The normalized spacial score (nSPS) is 10.4. The minimum atomic E-state index is -0.871. The van der Waals surface area contributed by atoms with Crippen LogP contribution in [0.15, 0.2) is 24.3 Å². The highest BCUT2D eigenvalue weighted by Crippen LogP contribution is 2.12. The molecule has 0 radical (unpaired) electrons. The van der Waals surface area contributed by atoms with Gasteiger partial charge in [0.05, 0.1) is 20.1 Å². The van der Waals surface area contributed by atoms with Crippen molar-refractivity contribution in [3.05, 3.63) is 35.7 Å². The van der Waals surface area contributed by atoms with Gasteiger partial charge in [-0.3, -0.25) is 4.79 Å². The molecule has 0 fully saturated rings. The Hall–Kier alpha value is -2.44. The molecule has 0 saturated heterocycles. The van der Waals surface area contributed by atoms with Gasteiger partial charge >= 0.3 is 5.97 Å². The van der Waals surface area contributed by atoms with Crippen LogP contribution in [-0.2, 0) is 17.8 Å². The van der Waals surface area contributed by atoms with Crippen LogP contribution in [0.5, 0.6) is 5.75 Å². The lowest BCUT2D eigenvalue weighted by Crippen LogP contribution is -2.05. The van der Waals surface area contributed by atoms with E-state index in [4.69, 9.17) is 9.84 Å². The molecule has 1 aromatic carbocycles. The van der Waals surface area contributed by atoms with Crippen molar-refractivity contribution in [1.29, 1.82) is 0 Å². The molecular weight excluding hydrogens is 248 g/mol. The third-order valence-corrected chi connectivity index (χ3v) is 2.51. The van der Waals surface area contributed by atoms with E-state index in [2.05, 4.69) is 15.4 Å². The van der Waals surface area contributed by atoms with Gasteiger partial charge in [-0.2, -0.15) is 4.80 Å².